The van der Waals surface area contributed by atoms with Crippen LogP contribution in [0.5, 0.6) is 11.5 Å². The number of esters is 1. The number of sulfonamides is 1. The van der Waals surface area contributed by atoms with Gasteiger partial charge in [-0.3, -0.25) is 9.55 Å². The third-order valence-corrected chi connectivity index (χ3v) is 6.39. The first-order valence-electron chi connectivity index (χ1n) is 10.6. The fraction of sp³-hybridized carbons (Fsp3) is 0.364. The van der Waals surface area contributed by atoms with Crippen LogP contribution in [0.4, 0.5) is 4.79 Å². The average Bonchev–Trinajstić information content (AvgIpc) is 3.23. The summed E-state index contributed by atoms with van der Waals surface area (Å²) in [5.74, 6) is 0.0354. The molecular weight excluding hydrogens is 496 g/mol. The van der Waals surface area contributed by atoms with Crippen molar-refractivity contribution in [2.45, 2.75) is 32.3 Å². The van der Waals surface area contributed by atoms with E-state index in [4.69, 9.17) is 23.7 Å². The summed E-state index contributed by atoms with van der Waals surface area (Å²) < 4.78 is 55.4. The van der Waals surface area contributed by atoms with E-state index in [2.05, 4.69) is 14.7 Å². The molecule has 1 aromatic carbocycles. The van der Waals surface area contributed by atoms with Gasteiger partial charge in [0.15, 0.2) is 18.2 Å². The number of benzene rings is 1. The van der Waals surface area contributed by atoms with Gasteiger partial charge >= 0.3 is 12.1 Å². The predicted molar refractivity (Wildman–Crippen MR) is 125 cm³/mol. The summed E-state index contributed by atoms with van der Waals surface area (Å²) in [5.41, 5.74) is 1.47. The number of imidazole rings is 1. The van der Waals surface area contributed by atoms with E-state index in [0.29, 0.717) is 16.8 Å². The zero-order valence-electron chi connectivity index (χ0n) is 20.4. The molecule has 14 heteroatoms. The van der Waals surface area contributed by atoms with E-state index in [9.17, 15) is 18.0 Å². The molecule has 0 fully saturated rings. The van der Waals surface area contributed by atoms with Crippen LogP contribution in [0.15, 0.2) is 29.6 Å². The average molecular weight is 523 g/mol. The Hall–Kier alpha value is -3.91. The van der Waals surface area contributed by atoms with Crippen LogP contribution in [0.25, 0.3) is 11.0 Å². The van der Waals surface area contributed by atoms with Gasteiger partial charge in [-0.1, -0.05) is 0 Å². The van der Waals surface area contributed by atoms with E-state index in [1.165, 1.54) is 38.2 Å². The zero-order valence-corrected chi connectivity index (χ0v) is 21.2. The highest BCUT2D eigenvalue weighted by Crippen LogP contribution is 2.29. The maximum Gasteiger partial charge on any atom is 0.510 e. The van der Waals surface area contributed by atoms with Crippen molar-refractivity contribution < 1.29 is 41.7 Å². The van der Waals surface area contributed by atoms with E-state index >= 15 is 0 Å². The monoisotopic (exact) mass is 522 g/mol. The molecule has 0 atom stereocenters. The van der Waals surface area contributed by atoms with E-state index in [0.717, 1.165) is 0 Å². The molecule has 2 heterocycles. The molecular formula is C22H26N4O9S. The summed E-state index contributed by atoms with van der Waals surface area (Å²) in [6.45, 7) is 2.57. The maximum atomic E-state index is 13.3. The molecule has 0 saturated carbocycles. The highest BCUT2D eigenvalue weighted by molar-refractivity contribution is 7.89. The Labute approximate surface area is 207 Å². The van der Waals surface area contributed by atoms with Crippen LogP contribution >= 0.6 is 0 Å². The van der Waals surface area contributed by atoms with Gasteiger partial charge in [-0.05, 0) is 31.5 Å². The van der Waals surface area contributed by atoms with Crippen LogP contribution in [0.2, 0.25) is 0 Å². The van der Waals surface area contributed by atoms with Gasteiger partial charge in [-0.15, -0.1) is 0 Å². The second kappa shape index (κ2) is 11.2. The SMILES string of the molecule is CCOC(=O)OCn1c(S(=O)(=O)NCc2nccc(OC)c2OC)nc2cc(C(=O)OC)c(C)cc21. The van der Waals surface area contributed by atoms with Crippen molar-refractivity contribution in [3.8, 4) is 11.5 Å². The second-order valence-corrected chi connectivity index (χ2v) is 8.90. The molecule has 3 rings (SSSR count). The Morgan fingerprint density at radius 1 is 1.11 bits per heavy atom. The minimum atomic E-state index is -4.29. The smallest absolute Gasteiger partial charge is 0.493 e. The van der Waals surface area contributed by atoms with Crippen LogP contribution < -0.4 is 14.2 Å². The molecule has 0 bridgehead atoms. The molecule has 0 aliphatic carbocycles. The lowest BCUT2D eigenvalue weighted by Gasteiger charge is -2.13. The molecule has 0 unspecified atom stereocenters. The summed E-state index contributed by atoms with van der Waals surface area (Å²) in [4.78, 5) is 32.3. The standard InChI is InChI=1S/C22H26N4O9S/c1-6-34-22(28)35-12-26-17-9-13(2)14(20(27)33-5)10-15(17)25-21(26)36(29,30)24-11-16-19(32-4)18(31-3)7-8-23-16/h7-10,24H,6,11-12H2,1-5H3. The molecule has 13 nitrogen and oxygen atoms in total. The van der Waals surface area contributed by atoms with Crippen molar-refractivity contribution >= 4 is 33.2 Å². The molecule has 0 amide bonds. The van der Waals surface area contributed by atoms with Gasteiger partial charge in [0.2, 0.25) is 5.16 Å². The molecule has 2 aromatic heterocycles. The Bertz CT molecular complexity index is 1390. The molecule has 194 valence electrons. The fourth-order valence-corrected chi connectivity index (χ4v) is 4.51. The van der Waals surface area contributed by atoms with Gasteiger partial charge in [-0.2, -0.15) is 0 Å². The van der Waals surface area contributed by atoms with Crippen molar-refractivity contribution in [1.29, 1.82) is 0 Å². The van der Waals surface area contributed by atoms with Crippen LogP contribution in [-0.2, 0) is 37.5 Å². The lowest BCUT2D eigenvalue weighted by Crippen LogP contribution is -2.27. The maximum absolute atomic E-state index is 13.3. The zero-order chi connectivity index (χ0) is 26.5. The third-order valence-electron chi connectivity index (χ3n) is 5.07. The Kier molecular flexibility index (Phi) is 8.32. The molecule has 0 aliphatic heterocycles. The third kappa shape index (κ3) is 5.49. The van der Waals surface area contributed by atoms with Gasteiger partial charge < -0.3 is 23.7 Å². The summed E-state index contributed by atoms with van der Waals surface area (Å²) >= 11 is 0. The second-order valence-electron chi connectivity index (χ2n) is 7.24. The van der Waals surface area contributed by atoms with Gasteiger partial charge in [0.25, 0.3) is 10.0 Å². The van der Waals surface area contributed by atoms with E-state index in [-0.39, 0.29) is 35.7 Å². The van der Waals surface area contributed by atoms with Crippen LogP contribution in [0.3, 0.4) is 0 Å². The van der Waals surface area contributed by atoms with Gasteiger partial charge in [0.05, 0.1) is 51.1 Å². The first-order valence-corrected chi connectivity index (χ1v) is 12.1. The number of fused-ring (bicyclic) bond motifs is 1. The molecule has 36 heavy (non-hydrogen) atoms. The van der Waals surface area contributed by atoms with Crippen molar-refractivity contribution in [2.24, 2.45) is 0 Å². The van der Waals surface area contributed by atoms with Gasteiger partial charge in [0, 0.05) is 12.3 Å². The van der Waals surface area contributed by atoms with E-state index in [1.54, 1.807) is 26.0 Å². The summed E-state index contributed by atoms with van der Waals surface area (Å²) in [6.07, 6.45) is 0.466. The number of aryl methyl sites for hydroxylation is 1. The highest BCUT2D eigenvalue weighted by Gasteiger charge is 2.27. The van der Waals surface area contributed by atoms with Crippen molar-refractivity contribution in [3.05, 3.63) is 41.2 Å². The predicted octanol–water partition coefficient (Wildman–Crippen LogP) is 2.15. The Morgan fingerprint density at radius 2 is 1.86 bits per heavy atom. The number of carbonyl (C=O) groups is 2. The number of carbonyl (C=O) groups excluding carboxylic acids is 2. The quantitative estimate of drug-likeness (QED) is 0.389. The molecule has 3 aromatic rings. The van der Waals surface area contributed by atoms with Crippen molar-refractivity contribution in [3.63, 3.8) is 0 Å². The number of ether oxygens (including phenoxy) is 5. The first-order chi connectivity index (χ1) is 17.2. The summed E-state index contributed by atoms with van der Waals surface area (Å²) in [7, 11) is -0.201. The number of hydrogen-bond donors (Lipinski definition) is 1. The van der Waals surface area contributed by atoms with Crippen LogP contribution in [-0.4, -0.2) is 63.0 Å². The number of nitrogens with one attached hydrogen (secondary N) is 1. The number of aromatic nitrogens is 3. The molecule has 1 N–H and O–H groups in total. The van der Waals surface area contributed by atoms with Crippen LogP contribution in [0, 0.1) is 6.92 Å². The minimum absolute atomic E-state index is 0.0766. The molecule has 0 spiro atoms. The number of methoxy groups -OCH3 is 3. The summed E-state index contributed by atoms with van der Waals surface area (Å²) in [6, 6.07) is 4.53. The lowest BCUT2D eigenvalue weighted by atomic mass is 10.1. The molecule has 0 saturated heterocycles. The number of rotatable bonds is 10. The first kappa shape index (κ1) is 26.7. The summed E-state index contributed by atoms with van der Waals surface area (Å²) in [5, 5.41) is -0.454. The number of pyridine rings is 1. The minimum Gasteiger partial charge on any atom is -0.493 e. The largest absolute Gasteiger partial charge is 0.510 e. The fourth-order valence-electron chi connectivity index (χ4n) is 3.39. The molecule has 0 radical (unpaired) electrons. The normalized spacial score (nSPS) is 11.2. The van der Waals surface area contributed by atoms with Crippen LogP contribution in [0.1, 0.15) is 28.5 Å². The van der Waals surface area contributed by atoms with Crippen molar-refractivity contribution in [2.75, 3.05) is 27.9 Å². The lowest BCUT2D eigenvalue weighted by molar-refractivity contribution is 0.0356. The molecule has 0 aliphatic rings. The van der Waals surface area contributed by atoms with Crippen molar-refractivity contribution in [1.82, 2.24) is 19.3 Å². The number of nitrogens with zero attached hydrogens (tertiary/aromatic N) is 3. The highest BCUT2D eigenvalue weighted by atomic mass is 32.2. The number of hydrogen-bond acceptors (Lipinski definition) is 11. The van der Waals surface area contributed by atoms with Gasteiger partial charge in [-0.25, -0.2) is 27.7 Å². The Morgan fingerprint density at radius 3 is 2.50 bits per heavy atom. The topological polar surface area (TPSA) is 157 Å². The van der Waals surface area contributed by atoms with E-state index in [1.807, 2.05) is 0 Å². The van der Waals surface area contributed by atoms with Gasteiger partial charge in [0.1, 0.15) is 5.69 Å². The van der Waals surface area contributed by atoms with E-state index < -0.39 is 34.0 Å². The Balaban J connectivity index is 2.05.